The first-order chi connectivity index (χ1) is 5.65. The van der Waals surface area contributed by atoms with Crippen molar-refractivity contribution in [2.24, 2.45) is 17.8 Å². The van der Waals surface area contributed by atoms with Crippen LogP contribution in [0.3, 0.4) is 0 Å². The molecule has 1 aliphatic rings. The predicted molar refractivity (Wildman–Crippen MR) is 50.9 cm³/mol. The molecule has 1 rings (SSSR count). The quantitative estimate of drug-likeness (QED) is 0.576. The Morgan fingerprint density at radius 1 is 1.33 bits per heavy atom. The molecule has 1 saturated carbocycles. The molecule has 0 radical (unpaired) electrons. The maximum atomic E-state index is 11.5. The summed E-state index contributed by atoms with van der Waals surface area (Å²) < 4.78 is 0. The third-order valence-electron chi connectivity index (χ3n) is 2.81. The zero-order valence-electron chi connectivity index (χ0n) is 8.21. The third kappa shape index (κ3) is 1.96. The largest absolute Gasteiger partial charge is 0.295 e. The van der Waals surface area contributed by atoms with Crippen LogP contribution in [0.25, 0.3) is 0 Å². The lowest BCUT2D eigenvalue weighted by Gasteiger charge is -2.10. The number of carbonyl (C=O) groups excluding carboxylic acids is 1. The van der Waals surface area contributed by atoms with Crippen LogP contribution in [0.4, 0.5) is 0 Å². The van der Waals surface area contributed by atoms with Gasteiger partial charge in [-0.25, -0.2) is 0 Å². The van der Waals surface area contributed by atoms with E-state index < -0.39 is 0 Å². The minimum atomic E-state index is 0.302. The lowest BCUT2D eigenvalue weighted by molar-refractivity contribution is -0.119. The maximum absolute atomic E-state index is 11.5. The van der Waals surface area contributed by atoms with Crippen LogP contribution >= 0.6 is 0 Å². The van der Waals surface area contributed by atoms with Crippen molar-refractivity contribution in [2.75, 3.05) is 0 Å². The summed E-state index contributed by atoms with van der Waals surface area (Å²) in [5.74, 6) is 1.95. The molecule has 1 heteroatoms. The number of carbonyl (C=O) groups is 1. The molecular formula is C11H18O. The minimum Gasteiger partial charge on any atom is -0.295 e. The van der Waals surface area contributed by atoms with Crippen LogP contribution in [0.5, 0.6) is 0 Å². The molecule has 0 aromatic rings. The zero-order chi connectivity index (χ0) is 9.14. The van der Waals surface area contributed by atoms with Crippen molar-refractivity contribution in [3.8, 4) is 0 Å². The van der Waals surface area contributed by atoms with Crippen molar-refractivity contribution < 1.29 is 4.79 Å². The Bertz CT molecular complexity index is 193. The fourth-order valence-corrected chi connectivity index (χ4v) is 2.25. The van der Waals surface area contributed by atoms with Gasteiger partial charge in [-0.2, -0.15) is 0 Å². The van der Waals surface area contributed by atoms with Gasteiger partial charge in [0.25, 0.3) is 0 Å². The Morgan fingerprint density at radius 3 is 2.42 bits per heavy atom. The first kappa shape index (κ1) is 9.50. The van der Waals surface area contributed by atoms with E-state index >= 15 is 0 Å². The molecule has 0 bridgehead atoms. The zero-order valence-corrected chi connectivity index (χ0v) is 8.21. The summed E-state index contributed by atoms with van der Waals surface area (Å²) in [5, 5.41) is 0. The molecule has 1 aliphatic carbocycles. The van der Waals surface area contributed by atoms with Gasteiger partial charge in [-0.3, -0.25) is 4.79 Å². The maximum Gasteiger partial charge on any atom is 0.158 e. The second-order valence-corrected chi connectivity index (χ2v) is 4.06. The number of rotatable bonds is 2. The number of ketones is 1. The molecule has 0 saturated heterocycles. The lowest BCUT2D eigenvalue weighted by Crippen LogP contribution is -2.14. The van der Waals surface area contributed by atoms with E-state index in [2.05, 4.69) is 13.8 Å². The molecule has 0 spiro atoms. The van der Waals surface area contributed by atoms with Gasteiger partial charge < -0.3 is 0 Å². The molecule has 12 heavy (non-hydrogen) atoms. The van der Waals surface area contributed by atoms with Crippen molar-refractivity contribution in [3.05, 3.63) is 12.2 Å². The van der Waals surface area contributed by atoms with E-state index in [1.165, 1.54) is 6.42 Å². The fraction of sp³-hybridized carbons (Fsp3) is 0.727. The Morgan fingerprint density at radius 2 is 2.00 bits per heavy atom. The molecular weight excluding hydrogens is 148 g/mol. The summed E-state index contributed by atoms with van der Waals surface area (Å²) >= 11 is 0. The average Bonchev–Trinajstić information content (AvgIpc) is 2.30. The Labute approximate surface area is 74.9 Å². The normalized spacial score (nSPS) is 36.1. The van der Waals surface area contributed by atoms with Gasteiger partial charge in [0.1, 0.15) is 0 Å². The van der Waals surface area contributed by atoms with Gasteiger partial charge in [-0.1, -0.05) is 19.9 Å². The minimum absolute atomic E-state index is 0.302. The molecule has 0 amide bonds. The van der Waals surface area contributed by atoms with Crippen molar-refractivity contribution in [1.82, 2.24) is 0 Å². The van der Waals surface area contributed by atoms with Crippen LogP contribution < -0.4 is 0 Å². The van der Waals surface area contributed by atoms with Crippen LogP contribution in [-0.2, 0) is 4.79 Å². The van der Waals surface area contributed by atoms with Crippen molar-refractivity contribution >= 4 is 5.78 Å². The SMILES string of the molecule is C/C=C/C(=O)C1CC(C)CC1C. The van der Waals surface area contributed by atoms with Crippen molar-refractivity contribution in [2.45, 2.75) is 33.6 Å². The highest BCUT2D eigenvalue weighted by atomic mass is 16.1. The van der Waals surface area contributed by atoms with Crippen LogP contribution in [-0.4, -0.2) is 5.78 Å². The molecule has 1 nitrogen and oxygen atoms in total. The van der Waals surface area contributed by atoms with Gasteiger partial charge >= 0.3 is 0 Å². The molecule has 0 N–H and O–H groups in total. The summed E-state index contributed by atoms with van der Waals surface area (Å²) in [6, 6.07) is 0. The van der Waals surface area contributed by atoms with Gasteiger partial charge in [0.2, 0.25) is 0 Å². The molecule has 0 aromatic carbocycles. The second-order valence-electron chi connectivity index (χ2n) is 4.06. The molecule has 0 heterocycles. The summed E-state index contributed by atoms with van der Waals surface area (Å²) in [6.45, 7) is 6.33. The first-order valence-electron chi connectivity index (χ1n) is 4.81. The molecule has 68 valence electrons. The second kappa shape index (κ2) is 3.88. The summed E-state index contributed by atoms with van der Waals surface area (Å²) in [6.07, 6.45) is 5.87. The van der Waals surface area contributed by atoms with Crippen molar-refractivity contribution in [1.29, 1.82) is 0 Å². The highest BCUT2D eigenvalue weighted by molar-refractivity contribution is 5.92. The van der Waals surface area contributed by atoms with Crippen LogP contribution in [0.15, 0.2) is 12.2 Å². The number of hydrogen-bond donors (Lipinski definition) is 0. The summed E-state index contributed by atoms with van der Waals surface area (Å²) in [5.41, 5.74) is 0. The van der Waals surface area contributed by atoms with E-state index in [4.69, 9.17) is 0 Å². The molecule has 1 fully saturated rings. The Hall–Kier alpha value is -0.590. The highest BCUT2D eigenvalue weighted by Gasteiger charge is 2.32. The van der Waals surface area contributed by atoms with Gasteiger partial charge in [-0.15, -0.1) is 0 Å². The highest BCUT2D eigenvalue weighted by Crippen LogP contribution is 2.36. The fourth-order valence-electron chi connectivity index (χ4n) is 2.25. The van der Waals surface area contributed by atoms with E-state index in [1.807, 2.05) is 13.0 Å². The molecule has 3 unspecified atom stereocenters. The Balaban J connectivity index is 2.58. The number of allylic oxidation sites excluding steroid dienone is 2. The van der Waals surface area contributed by atoms with E-state index in [9.17, 15) is 4.79 Å². The summed E-state index contributed by atoms with van der Waals surface area (Å²) in [4.78, 5) is 11.5. The standard InChI is InChI=1S/C11H18O/c1-4-5-11(12)10-7-8(2)6-9(10)3/h4-5,8-10H,6-7H2,1-3H3/b5-4+. The summed E-state index contributed by atoms with van der Waals surface area (Å²) in [7, 11) is 0. The van der Waals surface area contributed by atoms with Gasteiger partial charge in [0.15, 0.2) is 5.78 Å². The monoisotopic (exact) mass is 166 g/mol. The van der Waals surface area contributed by atoms with Crippen LogP contribution in [0.1, 0.15) is 33.6 Å². The van der Waals surface area contributed by atoms with Crippen molar-refractivity contribution in [3.63, 3.8) is 0 Å². The van der Waals surface area contributed by atoms with Gasteiger partial charge in [0, 0.05) is 5.92 Å². The smallest absolute Gasteiger partial charge is 0.158 e. The van der Waals surface area contributed by atoms with E-state index in [-0.39, 0.29) is 0 Å². The lowest BCUT2D eigenvalue weighted by atomic mass is 9.93. The average molecular weight is 166 g/mol. The van der Waals surface area contributed by atoms with Gasteiger partial charge in [-0.05, 0) is 37.7 Å². The van der Waals surface area contributed by atoms with E-state index in [0.717, 1.165) is 12.3 Å². The molecule has 0 aliphatic heterocycles. The topological polar surface area (TPSA) is 17.1 Å². The van der Waals surface area contributed by atoms with E-state index in [0.29, 0.717) is 17.6 Å². The third-order valence-corrected chi connectivity index (χ3v) is 2.81. The van der Waals surface area contributed by atoms with Crippen LogP contribution in [0.2, 0.25) is 0 Å². The predicted octanol–water partition coefficient (Wildman–Crippen LogP) is 2.81. The first-order valence-corrected chi connectivity index (χ1v) is 4.81. The Kier molecular flexibility index (Phi) is 3.07. The molecule has 0 aromatic heterocycles. The van der Waals surface area contributed by atoms with Crippen LogP contribution in [0, 0.1) is 17.8 Å². The van der Waals surface area contributed by atoms with Gasteiger partial charge in [0.05, 0.1) is 0 Å². The number of hydrogen-bond acceptors (Lipinski definition) is 1. The van der Waals surface area contributed by atoms with E-state index in [1.54, 1.807) is 6.08 Å². The molecule has 3 atom stereocenters.